The van der Waals surface area contributed by atoms with Gasteiger partial charge in [0.1, 0.15) is 11.6 Å². The Balaban J connectivity index is 2.68. The Kier molecular flexibility index (Phi) is 4.74. The molecule has 0 unspecified atom stereocenters. The molecule has 0 fully saturated rings. The molecule has 1 rings (SSSR count). The van der Waals surface area contributed by atoms with Crippen LogP contribution in [0.2, 0.25) is 0 Å². The van der Waals surface area contributed by atoms with Crippen LogP contribution >= 0.6 is 0 Å². The van der Waals surface area contributed by atoms with Crippen molar-refractivity contribution in [3.05, 3.63) is 29.6 Å². The van der Waals surface area contributed by atoms with Gasteiger partial charge in [-0.3, -0.25) is 0 Å². The number of hydrogen-bond donors (Lipinski definition) is 0. The normalized spacial score (nSPS) is 11.2. The standard InChI is InChI=1S/C13H20FNO/c1-10(2)15(3)8-7-11-9-12(14)5-6-13(11)16-4/h5-6,9-10H,7-8H2,1-4H3. The number of halogens is 1. The lowest BCUT2D eigenvalue weighted by molar-refractivity contribution is 0.276. The highest BCUT2D eigenvalue weighted by atomic mass is 19.1. The summed E-state index contributed by atoms with van der Waals surface area (Å²) >= 11 is 0. The summed E-state index contributed by atoms with van der Waals surface area (Å²) < 4.78 is 18.3. The predicted molar refractivity (Wildman–Crippen MR) is 64.4 cm³/mol. The monoisotopic (exact) mass is 225 g/mol. The van der Waals surface area contributed by atoms with Gasteiger partial charge < -0.3 is 9.64 Å². The van der Waals surface area contributed by atoms with Crippen molar-refractivity contribution in [2.24, 2.45) is 0 Å². The van der Waals surface area contributed by atoms with Crippen molar-refractivity contribution < 1.29 is 9.13 Å². The Morgan fingerprint density at radius 1 is 1.38 bits per heavy atom. The van der Waals surface area contributed by atoms with Gasteiger partial charge in [-0.2, -0.15) is 0 Å². The maximum absolute atomic E-state index is 13.1. The molecule has 0 heterocycles. The SMILES string of the molecule is COc1ccc(F)cc1CCN(C)C(C)C. The Morgan fingerprint density at radius 3 is 2.62 bits per heavy atom. The molecule has 1 aromatic rings. The van der Waals surface area contributed by atoms with Gasteiger partial charge in [-0.05, 0) is 51.1 Å². The summed E-state index contributed by atoms with van der Waals surface area (Å²) in [5.41, 5.74) is 0.926. The molecule has 0 amide bonds. The topological polar surface area (TPSA) is 12.5 Å². The van der Waals surface area contributed by atoms with Gasteiger partial charge in [-0.15, -0.1) is 0 Å². The van der Waals surface area contributed by atoms with Gasteiger partial charge in [0.2, 0.25) is 0 Å². The van der Waals surface area contributed by atoms with Crippen molar-refractivity contribution in [2.45, 2.75) is 26.3 Å². The molecular formula is C13H20FNO. The minimum atomic E-state index is -0.206. The number of hydrogen-bond acceptors (Lipinski definition) is 2. The minimum absolute atomic E-state index is 0.206. The lowest BCUT2D eigenvalue weighted by atomic mass is 10.1. The second-order valence-electron chi connectivity index (χ2n) is 4.28. The van der Waals surface area contributed by atoms with Gasteiger partial charge in [0.15, 0.2) is 0 Å². The molecule has 1 aromatic carbocycles. The fourth-order valence-corrected chi connectivity index (χ4v) is 1.50. The minimum Gasteiger partial charge on any atom is -0.496 e. The summed E-state index contributed by atoms with van der Waals surface area (Å²) in [6, 6.07) is 5.15. The average Bonchev–Trinajstić information content (AvgIpc) is 2.25. The fraction of sp³-hybridized carbons (Fsp3) is 0.538. The van der Waals surface area contributed by atoms with E-state index in [9.17, 15) is 4.39 Å². The third-order valence-corrected chi connectivity index (χ3v) is 2.86. The van der Waals surface area contributed by atoms with Crippen LogP contribution in [0.4, 0.5) is 4.39 Å². The first kappa shape index (κ1) is 13.0. The third kappa shape index (κ3) is 3.49. The third-order valence-electron chi connectivity index (χ3n) is 2.86. The first-order valence-corrected chi connectivity index (χ1v) is 5.57. The zero-order valence-corrected chi connectivity index (χ0v) is 10.5. The molecule has 0 aliphatic heterocycles. The van der Waals surface area contributed by atoms with E-state index in [1.807, 2.05) is 0 Å². The summed E-state index contributed by atoms with van der Waals surface area (Å²) in [5.74, 6) is 0.557. The predicted octanol–water partition coefficient (Wildman–Crippen LogP) is 2.72. The van der Waals surface area contributed by atoms with E-state index in [4.69, 9.17) is 4.74 Å². The van der Waals surface area contributed by atoms with Crippen LogP contribution in [0.1, 0.15) is 19.4 Å². The highest BCUT2D eigenvalue weighted by molar-refractivity contribution is 5.34. The highest BCUT2D eigenvalue weighted by Gasteiger charge is 2.07. The van der Waals surface area contributed by atoms with Gasteiger partial charge in [-0.1, -0.05) is 0 Å². The summed E-state index contributed by atoms with van der Waals surface area (Å²) in [5, 5.41) is 0. The van der Waals surface area contributed by atoms with Crippen LogP contribution in [-0.2, 0) is 6.42 Å². The van der Waals surface area contributed by atoms with Crippen LogP contribution in [0.5, 0.6) is 5.75 Å². The molecule has 0 spiro atoms. The maximum atomic E-state index is 13.1. The van der Waals surface area contributed by atoms with E-state index in [2.05, 4.69) is 25.8 Å². The summed E-state index contributed by atoms with van der Waals surface area (Å²) in [6.45, 7) is 5.18. The van der Waals surface area contributed by atoms with Crippen LogP contribution in [0, 0.1) is 5.82 Å². The second kappa shape index (κ2) is 5.85. The smallest absolute Gasteiger partial charge is 0.123 e. The summed E-state index contributed by atoms with van der Waals surface area (Å²) in [4.78, 5) is 2.23. The molecule has 0 aliphatic carbocycles. The molecule has 0 saturated carbocycles. The van der Waals surface area contributed by atoms with E-state index >= 15 is 0 Å². The molecule has 0 saturated heterocycles. The van der Waals surface area contributed by atoms with Crippen LogP contribution in [0.25, 0.3) is 0 Å². The number of ether oxygens (including phenoxy) is 1. The fourth-order valence-electron chi connectivity index (χ4n) is 1.50. The quantitative estimate of drug-likeness (QED) is 0.764. The van der Waals surface area contributed by atoms with Crippen molar-refractivity contribution in [2.75, 3.05) is 20.7 Å². The molecule has 0 N–H and O–H groups in total. The second-order valence-corrected chi connectivity index (χ2v) is 4.28. The molecule has 0 bridgehead atoms. The van der Waals surface area contributed by atoms with E-state index in [-0.39, 0.29) is 5.82 Å². The molecule has 90 valence electrons. The molecule has 0 aliphatic rings. The van der Waals surface area contributed by atoms with Gasteiger partial charge in [0.05, 0.1) is 7.11 Å². The molecule has 0 atom stereocenters. The lowest BCUT2D eigenvalue weighted by Crippen LogP contribution is -2.28. The first-order valence-electron chi connectivity index (χ1n) is 5.57. The van der Waals surface area contributed by atoms with E-state index in [1.54, 1.807) is 19.2 Å². The zero-order valence-electron chi connectivity index (χ0n) is 10.5. The van der Waals surface area contributed by atoms with Crippen LogP contribution in [0.15, 0.2) is 18.2 Å². The zero-order chi connectivity index (χ0) is 12.1. The maximum Gasteiger partial charge on any atom is 0.123 e. The first-order chi connectivity index (χ1) is 7.54. The van der Waals surface area contributed by atoms with Crippen LogP contribution < -0.4 is 4.74 Å². The van der Waals surface area contributed by atoms with Gasteiger partial charge >= 0.3 is 0 Å². The van der Waals surface area contributed by atoms with Crippen molar-refractivity contribution >= 4 is 0 Å². The van der Waals surface area contributed by atoms with E-state index in [1.165, 1.54) is 6.07 Å². The Bertz CT molecular complexity index is 339. The molecule has 0 radical (unpaired) electrons. The van der Waals surface area contributed by atoms with Crippen LogP contribution in [-0.4, -0.2) is 31.6 Å². The Hall–Kier alpha value is -1.09. The Morgan fingerprint density at radius 2 is 2.06 bits per heavy atom. The molecule has 16 heavy (non-hydrogen) atoms. The number of likely N-dealkylation sites (N-methyl/N-ethyl adjacent to an activating group) is 1. The molecular weight excluding hydrogens is 205 g/mol. The van der Waals surface area contributed by atoms with Gasteiger partial charge in [0.25, 0.3) is 0 Å². The van der Waals surface area contributed by atoms with E-state index in [0.717, 1.165) is 24.3 Å². The molecule has 0 aromatic heterocycles. The number of nitrogens with zero attached hydrogens (tertiary/aromatic N) is 1. The van der Waals surface area contributed by atoms with Crippen molar-refractivity contribution in [3.8, 4) is 5.75 Å². The van der Waals surface area contributed by atoms with Crippen molar-refractivity contribution in [1.29, 1.82) is 0 Å². The number of benzene rings is 1. The van der Waals surface area contributed by atoms with E-state index < -0.39 is 0 Å². The van der Waals surface area contributed by atoms with Crippen LogP contribution in [0.3, 0.4) is 0 Å². The summed E-state index contributed by atoms with van der Waals surface area (Å²) in [7, 11) is 3.68. The lowest BCUT2D eigenvalue weighted by Gasteiger charge is -2.21. The Labute approximate surface area is 97.0 Å². The van der Waals surface area contributed by atoms with Crippen molar-refractivity contribution in [3.63, 3.8) is 0 Å². The summed E-state index contributed by atoms with van der Waals surface area (Å²) in [6.07, 6.45) is 0.801. The largest absolute Gasteiger partial charge is 0.496 e. The number of methoxy groups -OCH3 is 1. The highest BCUT2D eigenvalue weighted by Crippen LogP contribution is 2.20. The molecule has 3 heteroatoms. The van der Waals surface area contributed by atoms with E-state index in [0.29, 0.717) is 6.04 Å². The van der Waals surface area contributed by atoms with Gasteiger partial charge in [-0.25, -0.2) is 4.39 Å². The molecule has 2 nitrogen and oxygen atoms in total. The van der Waals surface area contributed by atoms with Crippen molar-refractivity contribution in [1.82, 2.24) is 4.90 Å². The van der Waals surface area contributed by atoms with Gasteiger partial charge in [0, 0.05) is 12.6 Å². The number of rotatable bonds is 5. The average molecular weight is 225 g/mol.